The lowest BCUT2D eigenvalue weighted by Crippen LogP contribution is -2.53. The molecular formula is C20H25F2N3O2. The number of carbonyl (C=O) groups excluding carboxylic acids is 1. The number of carbonyl (C=O) groups is 1. The molecule has 6 rings (SSSR count). The molecule has 2 N–H and O–H groups in total. The Morgan fingerprint density at radius 3 is 2.89 bits per heavy atom. The molecule has 1 saturated heterocycles. The number of nitrogens with one attached hydrogen (secondary N) is 1. The number of aliphatic hydroxyl groups is 1. The van der Waals surface area contributed by atoms with Crippen LogP contribution in [0.4, 0.5) is 14.5 Å². The average Bonchev–Trinajstić information content (AvgIpc) is 3.05. The smallest absolute Gasteiger partial charge is 0.236 e. The number of halogens is 2. The van der Waals surface area contributed by atoms with Gasteiger partial charge in [0.05, 0.1) is 23.4 Å². The lowest BCUT2D eigenvalue weighted by Gasteiger charge is -2.41. The van der Waals surface area contributed by atoms with Crippen LogP contribution in [0.5, 0.6) is 0 Å². The summed E-state index contributed by atoms with van der Waals surface area (Å²) in [4.78, 5) is 18.4. The van der Waals surface area contributed by atoms with Gasteiger partial charge in [-0.05, 0) is 56.3 Å². The van der Waals surface area contributed by atoms with Gasteiger partial charge in [-0.25, -0.2) is 9.37 Å². The normalized spacial score (nSPS) is 39.8. The van der Waals surface area contributed by atoms with Crippen LogP contribution in [0.1, 0.15) is 38.5 Å². The fourth-order valence-corrected chi connectivity index (χ4v) is 6.33. The maximum absolute atomic E-state index is 14.0. The number of hydrogen-bond acceptors (Lipinski definition) is 4. The second-order valence-electron chi connectivity index (χ2n) is 9.03. The summed E-state index contributed by atoms with van der Waals surface area (Å²) < 4.78 is 27.5. The molecule has 6 atom stereocenters. The van der Waals surface area contributed by atoms with Crippen molar-refractivity contribution >= 4 is 11.6 Å². The van der Waals surface area contributed by atoms with E-state index in [4.69, 9.17) is 0 Å². The zero-order valence-electron chi connectivity index (χ0n) is 15.2. The Kier molecular flexibility index (Phi) is 3.93. The van der Waals surface area contributed by atoms with Crippen LogP contribution in [0.15, 0.2) is 12.3 Å². The van der Waals surface area contributed by atoms with Crippen molar-refractivity contribution in [2.24, 2.45) is 23.2 Å². The molecule has 5 aliphatic rings. The van der Waals surface area contributed by atoms with Gasteiger partial charge in [-0.15, -0.1) is 0 Å². The largest absolute Gasteiger partial charge is 0.393 e. The van der Waals surface area contributed by atoms with Gasteiger partial charge in [-0.1, -0.05) is 0 Å². The van der Waals surface area contributed by atoms with E-state index in [1.807, 2.05) is 0 Å². The van der Waals surface area contributed by atoms with Crippen LogP contribution in [0.2, 0.25) is 0 Å². The van der Waals surface area contributed by atoms with Gasteiger partial charge in [0.15, 0.2) is 0 Å². The lowest BCUT2D eigenvalue weighted by atomic mass is 9.68. The molecule has 5 unspecified atom stereocenters. The zero-order valence-corrected chi connectivity index (χ0v) is 15.2. The van der Waals surface area contributed by atoms with E-state index >= 15 is 0 Å². The van der Waals surface area contributed by atoms with E-state index in [1.165, 1.54) is 6.07 Å². The lowest BCUT2D eigenvalue weighted by molar-refractivity contribution is -0.136. The summed E-state index contributed by atoms with van der Waals surface area (Å²) in [7, 11) is 0. The number of aromatic nitrogens is 1. The molecular weight excluding hydrogens is 352 g/mol. The predicted octanol–water partition coefficient (Wildman–Crippen LogP) is 2.24. The van der Waals surface area contributed by atoms with Crippen LogP contribution in [0.3, 0.4) is 0 Å². The summed E-state index contributed by atoms with van der Waals surface area (Å²) in [5.41, 5.74) is -0.166. The molecule has 4 aliphatic carbocycles. The third-order valence-corrected chi connectivity index (χ3v) is 7.43. The van der Waals surface area contributed by atoms with Gasteiger partial charge in [0.2, 0.25) is 11.9 Å². The zero-order chi connectivity index (χ0) is 18.8. The SMILES string of the molecule is O=C(N[C@H]1CCCN(c2cc(F)cnc2F)C1)C12CC3CC(C1)C(C2)C3O. The molecule has 7 heteroatoms. The maximum atomic E-state index is 14.0. The molecule has 1 aromatic rings. The van der Waals surface area contributed by atoms with Crippen molar-refractivity contribution in [3.05, 3.63) is 24.0 Å². The van der Waals surface area contributed by atoms with E-state index in [0.717, 1.165) is 44.7 Å². The van der Waals surface area contributed by atoms with Gasteiger partial charge < -0.3 is 15.3 Å². The Hall–Kier alpha value is -1.76. The Labute approximate surface area is 157 Å². The molecule has 1 aliphatic heterocycles. The van der Waals surface area contributed by atoms with E-state index in [9.17, 15) is 18.7 Å². The summed E-state index contributed by atoms with van der Waals surface area (Å²) in [6.07, 6.45) is 5.81. The average molecular weight is 377 g/mol. The van der Waals surface area contributed by atoms with Crippen LogP contribution < -0.4 is 10.2 Å². The fourth-order valence-electron chi connectivity index (χ4n) is 6.33. The topological polar surface area (TPSA) is 65.5 Å². The minimum Gasteiger partial charge on any atom is -0.393 e. The second kappa shape index (κ2) is 6.12. The minimum absolute atomic E-state index is 0.0782. The van der Waals surface area contributed by atoms with Crippen molar-refractivity contribution < 1.29 is 18.7 Å². The minimum atomic E-state index is -0.679. The number of piperidine rings is 1. The number of pyridine rings is 1. The Bertz CT molecular complexity index is 772. The highest BCUT2D eigenvalue weighted by Gasteiger charge is 2.63. The maximum Gasteiger partial charge on any atom is 0.236 e. The highest BCUT2D eigenvalue weighted by atomic mass is 19.1. The van der Waals surface area contributed by atoms with Crippen molar-refractivity contribution in [1.29, 1.82) is 0 Å². The van der Waals surface area contributed by atoms with Crippen LogP contribution >= 0.6 is 0 Å². The first-order valence-electron chi connectivity index (χ1n) is 10.0. The third-order valence-electron chi connectivity index (χ3n) is 7.43. The monoisotopic (exact) mass is 377 g/mol. The van der Waals surface area contributed by atoms with E-state index < -0.39 is 11.8 Å². The van der Waals surface area contributed by atoms with Gasteiger partial charge in [-0.2, -0.15) is 4.39 Å². The van der Waals surface area contributed by atoms with Crippen LogP contribution in [0, 0.1) is 34.9 Å². The Morgan fingerprint density at radius 1 is 1.30 bits per heavy atom. The highest BCUT2D eigenvalue weighted by Crippen LogP contribution is 2.64. The Balaban J connectivity index is 1.28. The fraction of sp³-hybridized carbons (Fsp3) is 0.700. The number of rotatable bonds is 3. The van der Waals surface area contributed by atoms with Crippen LogP contribution in [0.25, 0.3) is 0 Å². The third kappa shape index (κ3) is 2.73. The van der Waals surface area contributed by atoms with Crippen molar-refractivity contribution in [3.63, 3.8) is 0 Å². The van der Waals surface area contributed by atoms with Gasteiger partial charge in [0.1, 0.15) is 5.82 Å². The summed E-state index contributed by atoms with van der Waals surface area (Å²) in [5.74, 6) is -0.111. The van der Waals surface area contributed by atoms with Gasteiger partial charge in [0, 0.05) is 25.2 Å². The summed E-state index contributed by atoms with van der Waals surface area (Å²) >= 11 is 0. The number of anilines is 1. The number of nitrogens with zero attached hydrogens (tertiary/aromatic N) is 2. The number of amides is 1. The van der Waals surface area contributed by atoms with Gasteiger partial charge in [0.25, 0.3) is 0 Å². The molecule has 146 valence electrons. The van der Waals surface area contributed by atoms with E-state index in [1.54, 1.807) is 4.90 Å². The molecule has 0 spiro atoms. The summed E-state index contributed by atoms with van der Waals surface area (Å²) in [6, 6.07) is 1.09. The molecule has 4 bridgehead atoms. The summed E-state index contributed by atoms with van der Waals surface area (Å²) in [6.45, 7) is 1.08. The van der Waals surface area contributed by atoms with E-state index in [2.05, 4.69) is 10.3 Å². The standard InChI is InChI=1S/C20H25F2N3O2/c21-13-5-16(18(22)23-9-13)25-3-1-2-14(10-25)24-19(27)20-6-11-4-12(7-20)17(26)15(11)8-20/h5,9,11-12,14-15,17,26H,1-4,6-8,10H2,(H,24,27)/t11?,12?,14-,15?,17?,20?/m0/s1. The predicted molar refractivity (Wildman–Crippen MR) is 94.9 cm³/mol. The number of hydrogen-bond donors (Lipinski definition) is 2. The first kappa shape index (κ1) is 17.3. The first-order chi connectivity index (χ1) is 12.9. The van der Waals surface area contributed by atoms with Crippen LogP contribution in [-0.2, 0) is 4.79 Å². The molecule has 5 fully saturated rings. The first-order valence-corrected chi connectivity index (χ1v) is 10.0. The van der Waals surface area contributed by atoms with E-state index in [-0.39, 0.29) is 41.0 Å². The Morgan fingerprint density at radius 2 is 2.11 bits per heavy atom. The molecule has 1 aromatic heterocycles. The summed E-state index contributed by atoms with van der Waals surface area (Å²) in [5, 5.41) is 13.5. The van der Waals surface area contributed by atoms with Crippen LogP contribution in [-0.4, -0.2) is 41.2 Å². The molecule has 4 saturated carbocycles. The highest BCUT2D eigenvalue weighted by molar-refractivity contribution is 5.84. The van der Waals surface area contributed by atoms with Gasteiger partial charge in [-0.3, -0.25) is 4.79 Å². The second-order valence-corrected chi connectivity index (χ2v) is 9.03. The molecule has 5 nitrogen and oxygen atoms in total. The number of aliphatic hydroxyl groups excluding tert-OH is 1. The van der Waals surface area contributed by atoms with Crippen molar-refractivity contribution in [3.8, 4) is 0 Å². The van der Waals surface area contributed by atoms with Crippen molar-refractivity contribution in [1.82, 2.24) is 10.3 Å². The van der Waals surface area contributed by atoms with E-state index in [0.29, 0.717) is 19.0 Å². The van der Waals surface area contributed by atoms with Crippen molar-refractivity contribution in [2.75, 3.05) is 18.0 Å². The van der Waals surface area contributed by atoms with Crippen molar-refractivity contribution in [2.45, 2.75) is 50.7 Å². The molecule has 0 radical (unpaired) electrons. The quantitative estimate of drug-likeness (QED) is 0.793. The molecule has 27 heavy (non-hydrogen) atoms. The molecule has 1 amide bonds. The molecule has 2 heterocycles. The molecule has 0 aromatic carbocycles. The van der Waals surface area contributed by atoms with Gasteiger partial charge >= 0.3 is 0 Å².